The van der Waals surface area contributed by atoms with Crippen LogP contribution in [0.15, 0.2) is 11.3 Å². The Balaban J connectivity index is 2.24. The Labute approximate surface area is 126 Å². The summed E-state index contributed by atoms with van der Waals surface area (Å²) in [4.78, 5) is 12.0. The summed E-state index contributed by atoms with van der Waals surface area (Å²) in [5.74, 6) is -1.11. The van der Waals surface area contributed by atoms with Crippen molar-refractivity contribution in [1.82, 2.24) is 14.8 Å². The number of aromatic nitrogens is 2. The molecule has 22 heavy (non-hydrogen) atoms. The second kappa shape index (κ2) is 5.84. The topological polar surface area (TPSA) is 70.7 Å². The molecule has 6 nitrogen and oxygen atoms in total. The van der Waals surface area contributed by atoms with Crippen molar-refractivity contribution in [2.24, 2.45) is 5.10 Å². The number of rotatable bonds is 4. The lowest BCUT2D eigenvalue weighted by Crippen LogP contribution is -2.52. The Hall–Kier alpha value is -1.68. The summed E-state index contributed by atoms with van der Waals surface area (Å²) < 4.78 is 52.2. The van der Waals surface area contributed by atoms with Crippen molar-refractivity contribution >= 4 is 23.2 Å². The Kier molecular flexibility index (Phi) is 4.43. The van der Waals surface area contributed by atoms with Crippen molar-refractivity contribution in [3.05, 3.63) is 16.9 Å². The lowest BCUT2D eigenvalue weighted by atomic mass is 10.1. The van der Waals surface area contributed by atoms with Gasteiger partial charge in [-0.1, -0.05) is 11.6 Å². The largest absolute Gasteiger partial charge is 0.364 e. The zero-order valence-corrected chi connectivity index (χ0v) is 11.9. The molecular weight excluding hydrogens is 332 g/mol. The number of alkyl halides is 4. The average molecular weight is 343 g/mol. The highest BCUT2D eigenvalue weighted by Gasteiger charge is 2.53. The van der Waals surface area contributed by atoms with Crippen molar-refractivity contribution in [3.63, 3.8) is 0 Å². The maximum atomic E-state index is 13.0. The molecule has 1 aliphatic rings. The van der Waals surface area contributed by atoms with Crippen molar-refractivity contribution in [2.75, 3.05) is 0 Å². The Morgan fingerprint density at radius 3 is 2.59 bits per heavy atom. The first-order chi connectivity index (χ1) is 10.1. The molecule has 0 fully saturated rings. The van der Waals surface area contributed by atoms with E-state index in [-0.39, 0.29) is 10.0 Å². The van der Waals surface area contributed by atoms with E-state index in [2.05, 4.69) is 10.2 Å². The van der Waals surface area contributed by atoms with E-state index in [1.54, 1.807) is 6.92 Å². The van der Waals surface area contributed by atoms with Crippen LogP contribution in [0.4, 0.5) is 17.6 Å². The predicted octanol–water partition coefficient (Wildman–Crippen LogP) is 1.65. The van der Waals surface area contributed by atoms with Gasteiger partial charge in [0.2, 0.25) is 5.72 Å². The number of carbonyl (C=O) groups is 1. The van der Waals surface area contributed by atoms with E-state index in [0.29, 0.717) is 5.69 Å². The summed E-state index contributed by atoms with van der Waals surface area (Å²) in [7, 11) is 0. The lowest BCUT2D eigenvalue weighted by Gasteiger charge is -2.29. The summed E-state index contributed by atoms with van der Waals surface area (Å²) in [5.41, 5.74) is -3.67. The van der Waals surface area contributed by atoms with E-state index in [0.717, 1.165) is 4.68 Å². The van der Waals surface area contributed by atoms with Crippen LogP contribution in [-0.2, 0) is 11.3 Å². The number of aliphatic hydroxyl groups is 1. The van der Waals surface area contributed by atoms with Gasteiger partial charge in [0.25, 0.3) is 18.8 Å². The minimum Gasteiger partial charge on any atom is -0.364 e. The molecule has 122 valence electrons. The maximum absolute atomic E-state index is 13.0. The fraction of sp³-hybridized carbons (Fsp3) is 0.545. The van der Waals surface area contributed by atoms with Crippen LogP contribution in [0.1, 0.15) is 12.1 Å². The normalized spacial score (nSPS) is 21.9. The van der Waals surface area contributed by atoms with Gasteiger partial charge in [-0.2, -0.15) is 15.2 Å². The number of nitrogens with zero attached hydrogens (tertiary/aromatic N) is 4. The summed E-state index contributed by atoms with van der Waals surface area (Å²) in [6.07, 6.45) is -6.46. The lowest BCUT2D eigenvalue weighted by molar-refractivity contribution is -0.192. The average Bonchev–Trinajstić information content (AvgIpc) is 2.92. The van der Waals surface area contributed by atoms with Gasteiger partial charge in [0.15, 0.2) is 0 Å². The van der Waals surface area contributed by atoms with Crippen LogP contribution in [0.25, 0.3) is 0 Å². The van der Waals surface area contributed by atoms with Crippen LogP contribution in [0, 0.1) is 6.92 Å². The smallest absolute Gasteiger partial charge is 0.287 e. The highest BCUT2D eigenvalue weighted by atomic mass is 35.5. The van der Waals surface area contributed by atoms with E-state index < -0.39 is 43.2 Å². The van der Waals surface area contributed by atoms with Crippen molar-refractivity contribution in [2.45, 2.75) is 38.5 Å². The predicted molar refractivity (Wildman–Crippen MR) is 67.8 cm³/mol. The molecule has 2 rings (SSSR count). The van der Waals surface area contributed by atoms with Crippen LogP contribution in [0.2, 0.25) is 5.02 Å². The molecule has 0 spiro atoms. The molecule has 1 aliphatic heterocycles. The Morgan fingerprint density at radius 2 is 2.14 bits per heavy atom. The first kappa shape index (κ1) is 16.7. The molecule has 2 heterocycles. The number of carbonyl (C=O) groups excluding carboxylic acids is 1. The molecule has 0 aliphatic carbocycles. The summed E-state index contributed by atoms with van der Waals surface area (Å²) >= 11 is 5.74. The Bertz CT molecular complexity index is 602. The van der Waals surface area contributed by atoms with Gasteiger partial charge in [-0.3, -0.25) is 9.48 Å². The molecule has 1 amide bonds. The third kappa shape index (κ3) is 2.93. The number of hydrogen-bond acceptors (Lipinski definition) is 4. The minimum absolute atomic E-state index is 0.00984. The number of amides is 1. The van der Waals surface area contributed by atoms with Gasteiger partial charge in [-0.05, 0) is 6.92 Å². The van der Waals surface area contributed by atoms with E-state index in [1.165, 1.54) is 6.20 Å². The van der Waals surface area contributed by atoms with Gasteiger partial charge >= 0.3 is 0 Å². The number of hydrogen-bond donors (Lipinski definition) is 1. The third-order valence-corrected chi connectivity index (χ3v) is 3.43. The summed E-state index contributed by atoms with van der Waals surface area (Å²) in [5, 5.41) is 17.0. The fourth-order valence-corrected chi connectivity index (χ4v) is 2.08. The van der Waals surface area contributed by atoms with Crippen LogP contribution in [0.3, 0.4) is 0 Å². The molecule has 0 saturated heterocycles. The van der Waals surface area contributed by atoms with Gasteiger partial charge in [0.05, 0.1) is 10.7 Å². The second-order valence-corrected chi connectivity index (χ2v) is 5.12. The minimum atomic E-state index is -3.46. The first-order valence-corrected chi connectivity index (χ1v) is 6.41. The zero-order valence-electron chi connectivity index (χ0n) is 11.2. The van der Waals surface area contributed by atoms with Gasteiger partial charge in [-0.15, -0.1) is 0 Å². The molecule has 1 aromatic heterocycles. The van der Waals surface area contributed by atoms with Crippen molar-refractivity contribution in [3.8, 4) is 0 Å². The molecule has 1 N–H and O–H groups in total. The van der Waals surface area contributed by atoms with E-state index in [1.807, 2.05) is 0 Å². The molecule has 11 heteroatoms. The zero-order chi connectivity index (χ0) is 16.7. The molecule has 1 atom stereocenters. The molecular formula is C11H11ClF4N4O2. The molecule has 0 bridgehead atoms. The van der Waals surface area contributed by atoms with E-state index in [9.17, 15) is 27.5 Å². The third-order valence-electron chi connectivity index (χ3n) is 3.06. The van der Waals surface area contributed by atoms with Crippen LogP contribution >= 0.6 is 11.6 Å². The summed E-state index contributed by atoms with van der Waals surface area (Å²) in [6.45, 7) is 0.977. The SMILES string of the molecule is Cc1nn(CC(=O)N2N=C(C(F)F)C[C@]2(O)C(F)F)cc1Cl. The maximum Gasteiger partial charge on any atom is 0.287 e. The van der Waals surface area contributed by atoms with Crippen LogP contribution in [-0.4, -0.2) is 50.1 Å². The van der Waals surface area contributed by atoms with Gasteiger partial charge in [-0.25, -0.2) is 17.6 Å². The highest BCUT2D eigenvalue weighted by Crippen LogP contribution is 2.33. The first-order valence-electron chi connectivity index (χ1n) is 6.04. The highest BCUT2D eigenvalue weighted by molar-refractivity contribution is 6.31. The van der Waals surface area contributed by atoms with E-state index >= 15 is 0 Å². The molecule has 0 aromatic carbocycles. The van der Waals surface area contributed by atoms with Gasteiger partial charge < -0.3 is 5.11 Å². The number of halogens is 5. The summed E-state index contributed by atoms with van der Waals surface area (Å²) in [6, 6.07) is 0. The molecule has 0 unspecified atom stereocenters. The molecule has 1 aromatic rings. The van der Waals surface area contributed by atoms with Crippen LogP contribution in [0.5, 0.6) is 0 Å². The number of hydrazone groups is 1. The van der Waals surface area contributed by atoms with E-state index in [4.69, 9.17) is 11.6 Å². The quantitative estimate of drug-likeness (QED) is 0.846. The number of aryl methyl sites for hydroxylation is 1. The van der Waals surface area contributed by atoms with Gasteiger partial charge in [0.1, 0.15) is 12.3 Å². The molecule has 0 saturated carbocycles. The van der Waals surface area contributed by atoms with Crippen LogP contribution < -0.4 is 0 Å². The monoisotopic (exact) mass is 342 g/mol. The Morgan fingerprint density at radius 1 is 1.50 bits per heavy atom. The second-order valence-electron chi connectivity index (χ2n) is 4.71. The van der Waals surface area contributed by atoms with Gasteiger partial charge in [0, 0.05) is 12.6 Å². The fourth-order valence-electron chi connectivity index (χ4n) is 1.93. The molecule has 0 radical (unpaired) electrons. The standard InChI is InChI=1S/C11H11ClF4N4O2/c1-5-6(12)3-19(17-5)4-8(21)20-11(22,10(15)16)2-7(18-20)9(13)14/h3,9-10,22H,2,4H2,1H3/t11-/m0/s1. The van der Waals surface area contributed by atoms with Crippen molar-refractivity contribution in [1.29, 1.82) is 0 Å². The van der Waals surface area contributed by atoms with Crippen molar-refractivity contribution < 1.29 is 27.5 Å².